The predicted octanol–water partition coefficient (Wildman–Crippen LogP) is 4.79. The van der Waals surface area contributed by atoms with Gasteiger partial charge in [0.2, 0.25) is 6.29 Å². The van der Waals surface area contributed by atoms with Gasteiger partial charge in [-0.1, -0.05) is 61.7 Å². The molecule has 5 rings (SSSR count). The van der Waals surface area contributed by atoms with E-state index in [1.807, 2.05) is 11.0 Å². The largest absolute Gasteiger partial charge is 0.459 e. The maximum absolute atomic E-state index is 13.6. The van der Waals surface area contributed by atoms with Crippen LogP contribution in [0.5, 0.6) is 0 Å². The van der Waals surface area contributed by atoms with Crippen molar-refractivity contribution in [2.45, 2.75) is 57.2 Å². The lowest BCUT2D eigenvalue weighted by atomic mass is 9.87. The van der Waals surface area contributed by atoms with Crippen molar-refractivity contribution in [2.75, 3.05) is 39.5 Å². The van der Waals surface area contributed by atoms with Crippen LogP contribution >= 0.6 is 0 Å². The van der Waals surface area contributed by atoms with Gasteiger partial charge in [0.15, 0.2) is 5.76 Å². The molecule has 0 aromatic heterocycles. The standard InChI is InChI=1S/C30H37NO5/c32-15-16-34-17-18-35-29-21-23(20-28(36-29)30(33)31-13-6-2-1-3-7-14-31)25-11-8-12-26-24-10-5-4-9-22(24)19-27(25)26/h4-5,8-12,20,23,29,32H,1-3,6-7,13-19,21H2/t23-,29+/m1/s1. The SMILES string of the molecule is O=C(C1=C[C@@H](c2cccc3c2Cc2ccccc2-3)C[C@@H](OCCOCCO)O1)N1CCCCCCC1. The van der Waals surface area contributed by atoms with Gasteiger partial charge in [-0.2, -0.15) is 0 Å². The van der Waals surface area contributed by atoms with Crippen LogP contribution in [0.1, 0.15) is 61.1 Å². The Bertz CT molecular complexity index is 1070. The molecule has 0 spiro atoms. The molecule has 6 nitrogen and oxygen atoms in total. The molecule has 0 unspecified atom stereocenters. The van der Waals surface area contributed by atoms with Gasteiger partial charge in [0.25, 0.3) is 5.91 Å². The van der Waals surface area contributed by atoms with Crippen LogP contribution in [-0.2, 0) is 25.4 Å². The smallest absolute Gasteiger partial charge is 0.288 e. The fourth-order valence-corrected chi connectivity index (χ4v) is 5.67. The highest BCUT2D eigenvalue weighted by atomic mass is 16.7. The van der Waals surface area contributed by atoms with E-state index in [4.69, 9.17) is 19.3 Å². The quantitative estimate of drug-likeness (QED) is 0.459. The number of rotatable bonds is 8. The summed E-state index contributed by atoms with van der Waals surface area (Å²) in [4.78, 5) is 15.6. The van der Waals surface area contributed by atoms with E-state index in [0.717, 1.165) is 32.4 Å². The molecular formula is C30H37NO5. The van der Waals surface area contributed by atoms with E-state index in [0.29, 0.717) is 25.4 Å². The molecule has 2 aromatic carbocycles. The van der Waals surface area contributed by atoms with Crippen molar-refractivity contribution in [1.29, 1.82) is 0 Å². The van der Waals surface area contributed by atoms with E-state index >= 15 is 0 Å². The third kappa shape index (κ3) is 5.66. The molecule has 2 atom stereocenters. The molecule has 1 saturated heterocycles. The van der Waals surface area contributed by atoms with Gasteiger partial charge in [-0.25, -0.2) is 0 Å². The normalized spacial score (nSPS) is 21.6. The Morgan fingerprint density at radius 2 is 1.72 bits per heavy atom. The molecule has 2 aromatic rings. The number of aliphatic hydroxyl groups is 1. The van der Waals surface area contributed by atoms with Crippen molar-refractivity contribution in [3.05, 3.63) is 71.0 Å². The number of benzene rings is 2. The van der Waals surface area contributed by atoms with Crippen LogP contribution in [-0.4, -0.2) is 61.7 Å². The zero-order valence-electron chi connectivity index (χ0n) is 21.0. The van der Waals surface area contributed by atoms with Gasteiger partial charge in [-0.05, 0) is 53.2 Å². The molecule has 2 heterocycles. The fourth-order valence-electron chi connectivity index (χ4n) is 5.67. The van der Waals surface area contributed by atoms with Crippen molar-refractivity contribution < 1.29 is 24.1 Å². The lowest BCUT2D eigenvalue weighted by Gasteiger charge is -2.33. The maximum Gasteiger partial charge on any atom is 0.288 e. The molecule has 36 heavy (non-hydrogen) atoms. The van der Waals surface area contributed by atoms with Crippen molar-refractivity contribution in [1.82, 2.24) is 4.90 Å². The minimum atomic E-state index is -0.522. The van der Waals surface area contributed by atoms with E-state index in [2.05, 4.69) is 42.5 Å². The second kappa shape index (κ2) is 12.0. The number of carbonyl (C=O) groups excluding carboxylic acids is 1. The first-order valence-electron chi connectivity index (χ1n) is 13.4. The Balaban J connectivity index is 1.39. The molecule has 0 bridgehead atoms. The second-order valence-electron chi connectivity index (χ2n) is 9.89. The van der Waals surface area contributed by atoms with Gasteiger partial charge in [0.05, 0.1) is 26.4 Å². The third-order valence-electron chi connectivity index (χ3n) is 7.46. The van der Waals surface area contributed by atoms with Gasteiger partial charge in [-0.15, -0.1) is 0 Å². The minimum absolute atomic E-state index is 0.0132. The van der Waals surface area contributed by atoms with Gasteiger partial charge in [0, 0.05) is 25.4 Å². The maximum atomic E-state index is 13.6. The summed E-state index contributed by atoms with van der Waals surface area (Å²) < 4.78 is 17.5. The Morgan fingerprint density at radius 1 is 0.944 bits per heavy atom. The van der Waals surface area contributed by atoms with Crippen molar-refractivity contribution in [3.8, 4) is 11.1 Å². The highest BCUT2D eigenvalue weighted by Gasteiger charge is 2.33. The second-order valence-corrected chi connectivity index (χ2v) is 9.89. The molecule has 2 aliphatic heterocycles. The average Bonchev–Trinajstić information content (AvgIpc) is 3.27. The van der Waals surface area contributed by atoms with Crippen LogP contribution < -0.4 is 0 Å². The van der Waals surface area contributed by atoms with E-state index < -0.39 is 6.29 Å². The van der Waals surface area contributed by atoms with Gasteiger partial charge >= 0.3 is 0 Å². The number of hydrogen-bond acceptors (Lipinski definition) is 5. The highest BCUT2D eigenvalue weighted by Crippen LogP contribution is 2.43. The van der Waals surface area contributed by atoms with E-state index in [-0.39, 0.29) is 25.0 Å². The van der Waals surface area contributed by atoms with Crippen molar-refractivity contribution in [3.63, 3.8) is 0 Å². The summed E-state index contributed by atoms with van der Waals surface area (Å²) in [7, 11) is 0. The van der Waals surface area contributed by atoms with Crippen LogP contribution in [0.3, 0.4) is 0 Å². The third-order valence-corrected chi connectivity index (χ3v) is 7.46. The lowest BCUT2D eigenvalue weighted by Crippen LogP contribution is -2.38. The topological polar surface area (TPSA) is 68.2 Å². The zero-order valence-corrected chi connectivity index (χ0v) is 21.0. The molecule has 1 fully saturated rings. The lowest BCUT2D eigenvalue weighted by molar-refractivity contribution is -0.156. The van der Waals surface area contributed by atoms with E-state index in [9.17, 15) is 4.79 Å². The Labute approximate surface area is 213 Å². The summed E-state index contributed by atoms with van der Waals surface area (Å²) in [5.74, 6) is 0.406. The Hall–Kier alpha value is -2.67. The summed E-state index contributed by atoms with van der Waals surface area (Å²) in [6.07, 6.45) is 8.72. The first kappa shape index (κ1) is 25.0. The number of ether oxygens (including phenoxy) is 3. The number of nitrogens with zero attached hydrogens (tertiary/aromatic N) is 1. The molecule has 3 aliphatic rings. The number of carbonyl (C=O) groups is 1. The van der Waals surface area contributed by atoms with Crippen LogP contribution in [0, 0.1) is 0 Å². The molecule has 192 valence electrons. The van der Waals surface area contributed by atoms with Crippen LogP contribution in [0.4, 0.5) is 0 Å². The fraction of sp³-hybridized carbons (Fsp3) is 0.500. The minimum Gasteiger partial charge on any atom is -0.459 e. The van der Waals surface area contributed by atoms with Crippen LogP contribution in [0.25, 0.3) is 11.1 Å². The van der Waals surface area contributed by atoms with Gasteiger partial charge in [0.1, 0.15) is 0 Å². The molecule has 1 aliphatic carbocycles. The molecule has 0 radical (unpaired) electrons. The van der Waals surface area contributed by atoms with Crippen molar-refractivity contribution >= 4 is 5.91 Å². The molecule has 1 amide bonds. The monoisotopic (exact) mass is 491 g/mol. The zero-order chi connectivity index (χ0) is 24.7. The number of amides is 1. The first-order chi connectivity index (χ1) is 17.7. The Morgan fingerprint density at radius 3 is 2.56 bits per heavy atom. The number of hydrogen-bond donors (Lipinski definition) is 1. The Kier molecular flexibility index (Phi) is 8.36. The van der Waals surface area contributed by atoms with Crippen LogP contribution in [0.15, 0.2) is 54.3 Å². The molecule has 0 saturated carbocycles. The number of likely N-dealkylation sites (tertiary alicyclic amines) is 1. The summed E-state index contributed by atoms with van der Waals surface area (Å²) in [6, 6.07) is 15.1. The summed E-state index contributed by atoms with van der Waals surface area (Å²) in [6.45, 7) is 2.55. The van der Waals surface area contributed by atoms with E-state index in [1.54, 1.807) is 0 Å². The predicted molar refractivity (Wildman–Crippen MR) is 139 cm³/mol. The average molecular weight is 492 g/mol. The van der Waals surface area contributed by atoms with Gasteiger partial charge in [-0.3, -0.25) is 4.79 Å². The number of aliphatic hydroxyl groups excluding tert-OH is 1. The highest BCUT2D eigenvalue weighted by molar-refractivity contribution is 5.92. The molecule has 1 N–H and O–H groups in total. The van der Waals surface area contributed by atoms with Gasteiger partial charge < -0.3 is 24.2 Å². The van der Waals surface area contributed by atoms with Crippen molar-refractivity contribution in [2.24, 2.45) is 0 Å². The summed E-state index contributed by atoms with van der Waals surface area (Å²) in [5, 5.41) is 8.93. The number of fused-ring (bicyclic) bond motifs is 3. The van der Waals surface area contributed by atoms with E-state index in [1.165, 1.54) is 47.1 Å². The molecular weight excluding hydrogens is 454 g/mol. The molecule has 6 heteroatoms. The number of allylic oxidation sites excluding steroid dienone is 1. The first-order valence-corrected chi connectivity index (χ1v) is 13.4. The summed E-state index contributed by atoms with van der Waals surface area (Å²) in [5.41, 5.74) is 6.52. The van der Waals surface area contributed by atoms with Crippen LogP contribution in [0.2, 0.25) is 0 Å². The summed E-state index contributed by atoms with van der Waals surface area (Å²) >= 11 is 0.